The SMILES string of the molecule is COc1ccc(Br)c(C(=O)Nc2c(F)cc(F)cc2F)c1. The van der Waals surface area contributed by atoms with Crippen LogP contribution in [0.3, 0.4) is 0 Å². The van der Waals surface area contributed by atoms with E-state index >= 15 is 0 Å². The monoisotopic (exact) mass is 359 g/mol. The van der Waals surface area contributed by atoms with Crippen molar-refractivity contribution in [3.05, 3.63) is 57.8 Å². The number of methoxy groups -OCH3 is 1. The maximum atomic E-state index is 13.5. The highest BCUT2D eigenvalue weighted by atomic mass is 79.9. The third-order valence-corrected chi connectivity index (χ3v) is 3.36. The number of nitrogens with one attached hydrogen (secondary N) is 1. The van der Waals surface area contributed by atoms with Crippen LogP contribution in [0, 0.1) is 17.5 Å². The minimum atomic E-state index is -1.19. The summed E-state index contributed by atoms with van der Waals surface area (Å²) in [6.07, 6.45) is 0. The Bertz CT molecular complexity index is 684. The Hall–Kier alpha value is -2.02. The number of hydrogen-bond donors (Lipinski definition) is 1. The Morgan fingerprint density at radius 1 is 1.14 bits per heavy atom. The lowest BCUT2D eigenvalue weighted by Crippen LogP contribution is -2.15. The molecule has 0 radical (unpaired) electrons. The molecule has 0 saturated carbocycles. The summed E-state index contributed by atoms with van der Waals surface area (Å²) in [5, 5.41) is 2.07. The molecule has 0 heterocycles. The van der Waals surface area contributed by atoms with Gasteiger partial charge in [0.05, 0.1) is 12.7 Å². The highest BCUT2D eigenvalue weighted by Crippen LogP contribution is 2.25. The molecule has 21 heavy (non-hydrogen) atoms. The van der Waals surface area contributed by atoms with E-state index in [9.17, 15) is 18.0 Å². The highest BCUT2D eigenvalue weighted by molar-refractivity contribution is 9.10. The van der Waals surface area contributed by atoms with Crippen LogP contribution in [0.2, 0.25) is 0 Å². The summed E-state index contributed by atoms with van der Waals surface area (Å²) in [6.45, 7) is 0. The van der Waals surface area contributed by atoms with E-state index in [1.54, 1.807) is 12.1 Å². The quantitative estimate of drug-likeness (QED) is 0.894. The van der Waals surface area contributed by atoms with Gasteiger partial charge in [0.25, 0.3) is 5.91 Å². The summed E-state index contributed by atoms with van der Waals surface area (Å²) >= 11 is 3.16. The van der Waals surface area contributed by atoms with Crippen molar-refractivity contribution in [1.82, 2.24) is 0 Å². The minimum absolute atomic E-state index is 0.123. The van der Waals surface area contributed by atoms with Crippen molar-refractivity contribution in [3.63, 3.8) is 0 Å². The highest BCUT2D eigenvalue weighted by Gasteiger charge is 2.17. The molecule has 0 aromatic heterocycles. The molecule has 0 aliphatic heterocycles. The minimum Gasteiger partial charge on any atom is -0.497 e. The predicted octanol–water partition coefficient (Wildman–Crippen LogP) is 4.13. The Morgan fingerprint density at radius 3 is 2.33 bits per heavy atom. The van der Waals surface area contributed by atoms with E-state index < -0.39 is 29.0 Å². The van der Waals surface area contributed by atoms with E-state index in [0.717, 1.165) is 0 Å². The van der Waals surface area contributed by atoms with Crippen molar-refractivity contribution < 1.29 is 22.7 Å². The Morgan fingerprint density at radius 2 is 1.76 bits per heavy atom. The van der Waals surface area contributed by atoms with Gasteiger partial charge < -0.3 is 10.1 Å². The summed E-state index contributed by atoms with van der Waals surface area (Å²) < 4.78 is 45.2. The van der Waals surface area contributed by atoms with E-state index in [1.807, 2.05) is 0 Å². The van der Waals surface area contributed by atoms with E-state index in [2.05, 4.69) is 21.2 Å². The second kappa shape index (κ2) is 6.17. The zero-order valence-corrected chi connectivity index (χ0v) is 12.3. The summed E-state index contributed by atoms with van der Waals surface area (Å²) in [4.78, 5) is 12.1. The van der Waals surface area contributed by atoms with Crippen LogP contribution in [-0.2, 0) is 0 Å². The van der Waals surface area contributed by atoms with Gasteiger partial charge in [0, 0.05) is 16.6 Å². The summed E-state index contributed by atoms with van der Waals surface area (Å²) in [5.41, 5.74) is -0.589. The van der Waals surface area contributed by atoms with Gasteiger partial charge in [-0.1, -0.05) is 0 Å². The van der Waals surface area contributed by atoms with E-state index in [0.29, 0.717) is 22.4 Å². The molecule has 2 aromatic rings. The maximum Gasteiger partial charge on any atom is 0.257 e. The number of rotatable bonds is 3. The van der Waals surface area contributed by atoms with Gasteiger partial charge in [-0.05, 0) is 34.1 Å². The zero-order valence-electron chi connectivity index (χ0n) is 10.7. The normalized spacial score (nSPS) is 10.3. The maximum absolute atomic E-state index is 13.5. The Kier molecular flexibility index (Phi) is 4.52. The van der Waals surface area contributed by atoms with Crippen molar-refractivity contribution >= 4 is 27.5 Å². The number of carbonyl (C=O) groups excluding carboxylic acids is 1. The molecular weight excluding hydrogens is 351 g/mol. The van der Waals surface area contributed by atoms with Crippen molar-refractivity contribution in [2.24, 2.45) is 0 Å². The molecule has 0 aliphatic carbocycles. The van der Waals surface area contributed by atoms with Crippen LogP contribution in [0.1, 0.15) is 10.4 Å². The van der Waals surface area contributed by atoms with Gasteiger partial charge in [0.15, 0.2) is 11.6 Å². The largest absolute Gasteiger partial charge is 0.497 e. The van der Waals surface area contributed by atoms with Crippen molar-refractivity contribution in [2.45, 2.75) is 0 Å². The molecule has 0 saturated heterocycles. The molecule has 0 unspecified atom stereocenters. The van der Waals surface area contributed by atoms with Gasteiger partial charge in [0.2, 0.25) is 0 Å². The number of anilines is 1. The average Bonchev–Trinajstić information content (AvgIpc) is 2.43. The molecule has 0 bridgehead atoms. The molecule has 1 amide bonds. The fraction of sp³-hybridized carbons (Fsp3) is 0.0714. The average molecular weight is 360 g/mol. The smallest absolute Gasteiger partial charge is 0.257 e. The van der Waals surface area contributed by atoms with Crippen LogP contribution in [0.25, 0.3) is 0 Å². The lowest BCUT2D eigenvalue weighted by molar-refractivity contribution is 0.102. The lowest BCUT2D eigenvalue weighted by atomic mass is 10.2. The molecule has 1 N–H and O–H groups in total. The van der Waals surface area contributed by atoms with Crippen LogP contribution in [0.15, 0.2) is 34.8 Å². The second-order valence-corrected chi connectivity index (χ2v) is 4.90. The predicted molar refractivity (Wildman–Crippen MR) is 75.0 cm³/mol. The van der Waals surface area contributed by atoms with E-state index in [1.165, 1.54) is 13.2 Å². The van der Waals surface area contributed by atoms with Crippen LogP contribution in [0.4, 0.5) is 18.9 Å². The van der Waals surface area contributed by atoms with E-state index in [-0.39, 0.29) is 5.56 Å². The summed E-state index contributed by atoms with van der Waals surface area (Å²) in [6, 6.07) is 5.54. The lowest BCUT2D eigenvalue weighted by Gasteiger charge is -2.10. The molecule has 2 aromatic carbocycles. The molecule has 0 spiro atoms. The molecule has 0 fully saturated rings. The zero-order chi connectivity index (χ0) is 15.6. The van der Waals surface area contributed by atoms with Crippen LogP contribution in [0.5, 0.6) is 5.75 Å². The summed E-state index contributed by atoms with van der Waals surface area (Å²) in [7, 11) is 1.42. The summed E-state index contributed by atoms with van der Waals surface area (Å²) in [5.74, 6) is -3.81. The van der Waals surface area contributed by atoms with Crippen molar-refractivity contribution in [1.29, 1.82) is 0 Å². The molecule has 0 atom stereocenters. The molecule has 0 aliphatic rings. The second-order valence-electron chi connectivity index (χ2n) is 4.04. The molecular formula is C14H9BrF3NO2. The number of carbonyl (C=O) groups is 1. The Balaban J connectivity index is 2.35. The fourth-order valence-corrected chi connectivity index (χ4v) is 2.07. The first kappa shape index (κ1) is 15.4. The molecule has 7 heteroatoms. The van der Waals surface area contributed by atoms with E-state index in [4.69, 9.17) is 4.74 Å². The first-order valence-electron chi connectivity index (χ1n) is 5.72. The van der Waals surface area contributed by atoms with Gasteiger partial charge in [-0.3, -0.25) is 4.79 Å². The molecule has 110 valence electrons. The third kappa shape index (κ3) is 3.36. The number of hydrogen-bond acceptors (Lipinski definition) is 2. The topological polar surface area (TPSA) is 38.3 Å². The van der Waals surface area contributed by atoms with Crippen LogP contribution in [-0.4, -0.2) is 13.0 Å². The molecule has 3 nitrogen and oxygen atoms in total. The molecule has 2 rings (SSSR count). The number of halogens is 4. The first-order valence-corrected chi connectivity index (χ1v) is 6.51. The fourth-order valence-electron chi connectivity index (χ4n) is 1.65. The third-order valence-electron chi connectivity index (χ3n) is 2.66. The number of ether oxygens (including phenoxy) is 1. The number of benzene rings is 2. The van der Waals surface area contributed by atoms with Gasteiger partial charge in [-0.2, -0.15) is 0 Å². The van der Waals surface area contributed by atoms with Gasteiger partial charge in [-0.25, -0.2) is 13.2 Å². The number of amides is 1. The van der Waals surface area contributed by atoms with Gasteiger partial charge in [-0.15, -0.1) is 0 Å². The first-order chi connectivity index (χ1) is 9.92. The van der Waals surface area contributed by atoms with Crippen LogP contribution >= 0.6 is 15.9 Å². The Labute approximate surface area is 126 Å². The van der Waals surface area contributed by atoms with Gasteiger partial charge in [0.1, 0.15) is 17.3 Å². The van der Waals surface area contributed by atoms with Crippen molar-refractivity contribution in [3.8, 4) is 5.75 Å². The standard InChI is InChI=1S/C14H9BrF3NO2/c1-21-8-2-3-10(15)9(6-8)14(20)19-13-11(17)4-7(16)5-12(13)18/h2-6H,1H3,(H,19,20). The van der Waals surface area contributed by atoms with Crippen molar-refractivity contribution in [2.75, 3.05) is 12.4 Å². The van der Waals surface area contributed by atoms with Gasteiger partial charge >= 0.3 is 0 Å². The van der Waals surface area contributed by atoms with Crippen LogP contribution < -0.4 is 10.1 Å².